The fraction of sp³-hybridized carbons (Fsp3) is 0.385. The molecule has 0 aromatic carbocycles. The SMILES string of the molecule is CC(C)CNc1cccc(-c2ccc(C(=O)NS(=O)(=O)c3cccc(N)n3)c(N3CC(C)CC3C)n2)n1. The minimum Gasteiger partial charge on any atom is -0.384 e. The molecule has 3 aromatic rings. The van der Waals surface area contributed by atoms with Gasteiger partial charge >= 0.3 is 0 Å². The van der Waals surface area contributed by atoms with Gasteiger partial charge in [-0.2, -0.15) is 8.42 Å². The number of anilines is 3. The first-order chi connectivity index (χ1) is 17.5. The number of pyridine rings is 3. The van der Waals surface area contributed by atoms with Crippen molar-refractivity contribution in [1.29, 1.82) is 0 Å². The molecule has 4 N–H and O–H groups in total. The van der Waals surface area contributed by atoms with E-state index in [2.05, 4.69) is 52.6 Å². The molecule has 196 valence electrons. The molecule has 0 radical (unpaired) electrons. The summed E-state index contributed by atoms with van der Waals surface area (Å²) < 4.78 is 27.8. The number of aromatic nitrogens is 3. The van der Waals surface area contributed by atoms with Crippen LogP contribution in [-0.2, 0) is 10.0 Å². The Morgan fingerprint density at radius 2 is 1.78 bits per heavy atom. The first-order valence-electron chi connectivity index (χ1n) is 12.3. The van der Waals surface area contributed by atoms with Gasteiger partial charge in [0, 0.05) is 19.1 Å². The summed E-state index contributed by atoms with van der Waals surface area (Å²) in [5.74, 6) is 1.28. The number of nitrogens with zero attached hydrogens (tertiary/aromatic N) is 4. The van der Waals surface area contributed by atoms with Crippen molar-refractivity contribution in [3.8, 4) is 11.4 Å². The van der Waals surface area contributed by atoms with Gasteiger partial charge in [-0.15, -0.1) is 0 Å². The Hall–Kier alpha value is -3.73. The van der Waals surface area contributed by atoms with E-state index in [-0.39, 0.29) is 22.4 Å². The maximum Gasteiger partial charge on any atom is 0.281 e. The average Bonchev–Trinajstić information content (AvgIpc) is 3.19. The monoisotopic (exact) mass is 523 g/mol. The quantitative estimate of drug-likeness (QED) is 0.404. The summed E-state index contributed by atoms with van der Waals surface area (Å²) in [5.41, 5.74) is 7.03. The van der Waals surface area contributed by atoms with Crippen LogP contribution in [0.25, 0.3) is 11.4 Å². The number of hydrogen-bond acceptors (Lipinski definition) is 9. The molecule has 0 saturated carbocycles. The van der Waals surface area contributed by atoms with Crippen LogP contribution in [0.15, 0.2) is 53.6 Å². The maximum atomic E-state index is 13.3. The van der Waals surface area contributed by atoms with E-state index in [9.17, 15) is 13.2 Å². The third-order valence-electron chi connectivity index (χ3n) is 6.13. The zero-order valence-electron chi connectivity index (χ0n) is 21.5. The molecular weight excluding hydrogens is 490 g/mol. The molecule has 1 aliphatic heterocycles. The summed E-state index contributed by atoms with van der Waals surface area (Å²) in [6.07, 6.45) is 0.936. The normalized spacial score (nSPS) is 17.7. The summed E-state index contributed by atoms with van der Waals surface area (Å²) in [6, 6.07) is 13.3. The van der Waals surface area contributed by atoms with Crippen LogP contribution < -0.4 is 20.7 Å². The third-order valence-corrected chi connectivity index (χ3v) is 7.36. The second-order valence-corrected chi connectivity index (χ2v) is 11.6. The zero-order valence-corrected chi connectivity index (χ0v) is 22.3. The summed E-state index contributed by atoms with van der Waals surface area (Å²) in [5, 5.41) is 2.99. The average molecular weight is 524 g/mol. The highest BCUT2D eigenvalue weighted by molar-refractivity contribution is 7.90. The van der Waals surface area contributed by atoms with Crippen molar-refractivity contribution in [1.82, 2.24) is 19.7 Å². The van der Waals surface area contributed by atoms with Crippen LogP contribution in [0.5, 0.6) is 0 Å². The Morgan fingerprint density at radius 1 is 1.05 bits per heavy atom. The summed E-state index contributed by atoms with van der Waals surface area (Å²) >= 11 is 0. The molecule has 0 spiro atoms. The van der Waals surface area contributed by atoms with Crippen LogP contribution in [-0.4, -0.2) is 48.4 Å². The second-order valence-electron chi connectivity index (χ2n) is 9.93. The van der Waals surface area contributed by atoms with Crippen molar-refractivity contribution in [3.63, 3.8) is 0 Å². The van der Waals surface area contributed by atoms with Crippen molar-refractivity contribution in [2.45, 2.75) is 45.2 Å². The third kappa shape index (κ3) is 6.16. The topological polar surface area (TPSA) is 143 Å². The summed E-state index contributed by atoms with van der Waals surface area (Å²) in [4.78, 5) is 28.7. The van der Waals surface area contributed by atoms with Crippen molar-refractivity contribution >= 4 is 33.4 Å². The lowest BCUT2D eigenvalue weighted by Crippen LogP contribution is -2.35. The zero-order chi connectivity index (χ0) is 26.7. The summed E-state index contributed by atoms with van der Waals surface area (Å²) in [7, 11) is -4.23. The molecule has 4 rings (SSSR count). The van der Waals surface area contributed by atoms with E-state index >= 15 is 0 Å². The Labute approximate surface area is 217 Å². The number of amides is 1. The highest BCUT2D eigenvalue weighted by atomic mass is 32.2. The maximum absolute atomic E-state index is 13.3. The minimum atomic E-state index is -4.23. The molecule has 2 unspecified atom stereocenters. The van der Waals surface area contributed by atoms with Gasteiger partial charge in [-0.3, -0.25) is 4.79 Å². The van der Waals surface area contributed by atoms with Gasteiger partial charge in [-0.1, -0.05) is 32.9 Å². The van der Waals surface area contributed by atoms with E-state index in [1.165, 1.54) is 18.2 Å². The standard InChI is InChI=1S/C26H33N7O3S/c1-16(2)14-28-23-9-5-7-20(29-23)21-12-11-19(25(30-21)33-15-17(3)13-18(33)4)26(34)32-37(35,36)24-10-6-8-22(27)31-24/h5-12,16-18H,13-15H2,1-4H3,(H2,27,31)(H,28,29)(H,32,34). The Balaban J connectivity index is 1.70. The van der Waals surface area contributed by atoms with Crippen molar-refractivity contribution in [3.05, 3.63) is 54.1 Å². The van der Waals surface area contributed by atoms with Crippen LogP contribution in [0.2, 0.25) is 0 Å². The van der Waals surface area contributed by atoms with E-state index in [1.54, 1.807) is 12.1 Å². The number of sulfonamides is 1. The number of rotatable bonds is 8. The lowest BCUT2D eigenvalue weighted by Gasteiger charge is -2.25. The smallest absolute Gasteiger partial charge is 0.281 e. The van der Waals surface area contributed by atoms with Crippen molar-refractivity contribution in [2.75, 3.05) is 29.0 Å². The molecule has 1 saturated heterocycles. The molecule has 3 aromatic heterocycles. The Bertz CT molecular complexity index is 1390. The van der Waals surface area contributed by atoms with Gasteiger partial charge in [0.25, 0.3) is 15.9 Å². The lowest BCUT2D eigenvalue weighted by molar-refractivity contribution is 0.0981. The van der Waals surface area contributed by atoms with E-state index in [1.807, 2.05) is 18.2 Å². The Morgan fingerprint density at radius 3 is 2.46 bits per heavy atom. The molecule has 1 amide bonds. The van der Waals surface area contributed by atoms with E-state index < -0.39 is 15.9 Å². The number of nitrogens with one attached hydrogen (secondary N) is 2. The fourth-order valence-electron chi connectivity index (χ4n) is 4.38. The van der Waals surface area contributed by atoms with Gasteiger partial charge in [0.1, 0.15) is 17.5 Å². The van der Waals surface area contributed by atoms with Crippen LogP contribution in [0, 0.1) is 11.8 Å². The van der Waals surface area contributed by atoms with Crippen LogP contribution in [0.4, 0.5) is 17.5 Å². The lowest BCUT2D eigenvalue weighted by atomic mass is 10.1. The Kier molecular flexibility index (Phi) is 7.63. The van der Waals surface area contributed by atoms with Crippen LogP contribution >= 0.6 is 0 Å². The largest absolute Gasteiger partial charge is 0.384 e. The molecule has 0 aliphatic carbocycles. The van der Waals surface area contributed by atoms with Gasteiger partial charge in [0.05, 0.1) is 17.0 Å². The minimum absolute atomic E-state index is 0.0412. The first kappa shape index (κ1) is 26.3. The van der Waals surface area contributed by atoms with Gasteiger partial charge in [0.15, 0.2) is 5.03 Å². The number of nitrogen functional groups attached to an aromatic ring is 1. The number of carbonyl (C=O) groups excluding carboxylic acids is 1. The number of carbonyl (C=O) groups is 1. The molecule has 1 fully saturated rings. The molecule has 10 nitrogen and oxygen atoms in total. The number of hydrogen-bond donors (Lipinski definition) is 3. The van der Waals surface area contributed by atoms with Gasteiger partial charge < -0.3 is 16.0 Å². The van der Waals surface area contributed by atoms with Crippen molar-refractivity contribution < 1.29 is 13.2 Å². The molecule has 11 heteroatoms. The first-order valence-corrected chi connectivity index (χ1v) is 13.8. The molecule has 37 heavy (non-hydrogen) atoms. The molecular formula is C26H33N7O3S. The fourth-order valence-corrected chi connectivity index (χ4v) is 5.32. The van der Waals surface area contributed by atoms with Gasteiger partial charge in [-0.05, 0) is 61.6 Å². The molecule has 2 atom stereocenters. The molecule has 4 heterocycles. The summed E-state index contributed by atoms with van der Waals surface area (Å²) in [6.45, 7) is 9.94. The predicted octanol–water partition coefficient (Wildman–Crippen LogP) is 3.54. The highest BCUT2D eigenvalue weighted by Gasteiger charge is 2.32. The van der Waals surface area contributed by atoms with Crippen LogP contribution in [0.3, 0.4) is 0 Å². The molecule has 0 bridgehead atoms. The van der Waals surface area contributed by atoms with E-state index in [0.717, 1.165) is 18.8 Å². The highest BCUT2D eigenvalue weighted by Crippen LogP contribution is 2.32. The van der Waals surface area contributed by atoms with E-state index in [0.29, 0.717) is 35.6 Å². The predicted molar refractivity (Wildman–Crippen MR) is 145 cm³/mol. The van der Waals surface area contributed by atoms with Gasteiger partial charge in [0.2, 0.25) is 0 Å². The number of nitrogens with two attached hydrogens (primary N) is 1. The van der Waals surface area contributed by atoms with Gasteiger partial charge in [-0.25, -0.2) is 19.7 Å². The van der Waals surface area contributed by atoms with E-state index in [4.69, 9.17) is 10.7 Å². The second kappa shape index (κ2) is 10.7. The van der Waals surface area contributed by atoms with Crippen LogP contribution in [0.1, 0.15) is 44.5 Å². The van der Waals surface area contributed by atoms with Crippen molar-refractivity contribution in [2.24, 2.45) is 11.8 Å². The molecule has 1 aliphatic rings.